The van der Waals surface area contributed by atoms with E-state index in [1.807, 2.05) is 30.3 Å². The Labute approximate surface area is 184 Å². The van der Waals surface area contributed by atoms with Gasteiger partial charge in [0.05, 0.1) is 12.2 Å². The number of hydrogen-bond acceptors (Lipinski definition) is 7. The van der Waals surface area contributed by atoms with E-state index in [2.05, 4.69) is 26.3 Å². The standard InChI is InChI=1S/C21H26N6O5/c1-13(2)17(24-21(31)32-12-14-6-4-3-5-7-14)19(29)23-16-10-15-11-27(26-25-15)9-8-22-20(30)18(16)28/h3-7,11,13,16-17H,8-10,12H2,1-2H3,(H,22,30)(H,23,29)(H,24,31). The number of benzene rings is 1. The van der Waals surface area contributed by atoms with Crippen LogP contribution in [0.4, 0.5) is 4.79 Å². The Morgan fingerprint density at radius 2 is 2.00 bits per heavy atom. The van der Waals surface area contributed by atoms with Crippen LogP contribution in [0.1, 0.15) is 25.1 Å². The zero-order valence-corrected chi connectivity index (χ0v) is 17.9. The van der Waals surface area contributed by atoms with Crippen molar-refractivity contribution in [2.75, 3.05) is 6.54 Å². The molecule has 11 nitrogen and oxygen atoms in total. The Bertz CT molecular complexity index is 974. The molecule has 3 rings (SSSR count). The smallest absolute Gasteiger partial charge is 0.408 e. The zero-order valence-electron chi connectivity index (χ0n) is 17.9. The van der Waals surface area contributed by atoms with Crippen LogP contribution in [0, 0.1) is 5.92 Å². The lowest BCUT2D eigenvalue weighted by Crippen LogP contribution is -2.56. The molecule has 1 aliphatic rings. The number of carbonyl (C=O) groups is 4. The molecule has 170 valence electrons. The van der Waals surface area contributed by atoms with Crippen LogP contribution >= 0.6 is 0 Å². The monoisotopic (exact) mass is 442 g/mol. The lowest BCUT2D eigenvalue weighted by atomic mass is 10.0. The molecule has 0 saturated heterocycles. The van der Waals surface area contributed by atoms with Crippen molar-refractivity contribution >= 4 is 23.7 Å². The van der Waals surface area contributed by atoms with Crippen LogP contribution in [0.2, 0.25) is 0 Å². The van der Waals surface area contributed by atoms with Gasteiger partial charge in [-0.1, -0.05) is 49.4 Å². The first-order valence-electron chi connectivity index (χ1n) is 10.3. The van der Waals surface area contributed by atoms with E-state index < -0.39 is 35.8 Å². The Hall–Kier alpha value is -3.76. The van der Waals surface area contributed by atoms with Gasteiger partial charge in [-0.15, -0.1) is 5.10 Å². The number of fused-ring (bicyclic) bond motifs is 2. The maximum absolute atomic E-state index is 12.9. The molecule has 2 heterocycles. The Kier molecular flexibility index (Phi) is 7.53. The van der Waals surface area contributed by atoms with Crippen LogP contribution < -0.4 is 16.0 Å². The number of nitrogens with zero attached hydrogens (tertiary/aromatic N) is 3. The maximum atomic E-state index is 12.9. The van der Waals surface area contributed by atoms with Crippen LogP contribution in [0.15, 0.2) is 36.5 Å². The first kappa shape index (κ1) is 22.9. The minimum absolute atomic E-state index is 0.00125. The minimum Gasteiger partial charge on any atom is -0.445 e. The van der Waals surface area contributed by atoms with Crippen LogP contribution in [0.5, 0.6) is 0 Å². The van der Waals surface area contributed by atoms with Crippen LogP contribution in [0.25, 0.3) is 0 Å². The molecule has 2 bridgehead atoms. The van der Waals surface area contributed by atoms with Gasteiger partial charge in [-0.05, 0) is 11.5 Å². The summed E-state index contributed by atoms with van der Waals surface area (Å²) in [6.45, 7) is 4.13. The molecule has 2 atom stereocenters. The lowest BCUT2D eigenvalue weighted by molar-refractivity contribution is -0.140. The van der Waals surface area contributed by atoms with Gasteiger partial charge in [0, 0.05) is 19.2 Å². The summed E-state index contributed by atoms with van der Waals surface area (Å²) in [6, 6.07) is 7.01. The Balaban J connectivity index is 1.65. The van der Waals surface area contributed by atoms with Gasteiger partial charge in [-0.2, -0.15) is 0 Å². The summed E-state index contributed by atoms with van der Waals surface area (Å²) >= 11 is 0. The fraction of sp³-hybridized carbons (Fsp3) is 0.429. The molecule has 1 aromatic heterocycles. The fourth-order valence-corrected chi connectivity index (χ4v) is 3.18. The zero-order chi connectivity index (χ0) is 23.1. The molecule has 0 saturated carbocycles. The SMILES string of the molecule is CC(C)C(NC(=O)OCc1ccccc1)C(=O)NC1Cc2cn(nn2)CCNC(=O)C1=O. The summed E-state index contributed by atoms with van der Waals surface area (Å²) in [5.41, 5.74) is 1.27. The van der Waals surface area contributed by atoms with Crippen LogP contribution in [-0.4, -0.2) is 57.3 Å². The summed E-state index contributed by atoms with van der Waals surface area (Å²) in [5.74, 6) is -2.49. The van der Waals surface area contributed by atoms with Gasteiger partial charge >= 0.3 is 6.09 Å². The normalized spacial score (nSPS) is 17.3. The summed E-state index contributed by atoms with van der Waals surface area (Å²) in [6.07, 6.45) is 0.894. The number of Topliss-reactive ketones (excluding diaryl/α,β-unsaturated/α-hetero) is 1. The second-order valence-electron chi connectivity index (χ2n) is 7.79. The highest BCUT2D eigenvalue weighted by Crippen LogP contribution is 2.08. The number of hydrogen-bond donors (Lipinski definition) is 3. The van der Waals surface area contributed by atoms with Crippen LogP contribution in [-0.2, 0) is 38.7 Å². The number of ketones is 1. The van der Waals surface area contributed by atoms with Crippen molar-refractivity contribution in [3.05, 3.63) is 47.8 Å². The van der Waals surface area contributed by atoms with Gasteiger partial charge in [0.15, 0.2) is 0 Å². The molecule has 32 heavy (non-hydrogen) atoms. The second kappa shape index (κ2) is 10.5. The van der Waals surface area contributed by atoms with E-state index in [4.69, 9.17) is 4.74 Å². The van der Waals surface area contributed by atoms with Crippen molar-refractivity contribution in [3.8, 4) is 0 Å². The molecule has 0 aliphatic carbocycles. The first-order chi connectivity index (χ1) is 15.3. The summed E-state index contributed by atoms with van der Waals surface area (Å²) in [7, 11) is 0. The van der Waals surface area contributed by atoms with E-state index in [1.165, 1.54) is 0 Å². The number of aromatic nitrogens is 3. The fourth-order valence-electron chi connectivity index (χ4n) is 3.18. The average Bonchev–Trinajstić information content (AvgIpc) is 3.21. The number of alkyl carbamates (subject to hydrolysis) is 1. The largest absolute Gasteiger partial charge is 0.445 e. The van der Waals surface area contributed by atoms with E-state index >= 15 is 0 Å². The third-order valence-electron chi connectivity index (χ3n) is 4.92. The number of carbonyl (C=O) groups excluding carboxylic acids is 4. The Morgan fingerprint density at radius 1 is 1.25 bits per heavy atom. The third kappa shape index (κ3) is 6.13. The van der Waals surface area contributed by atoms with E-state index in [0.717, 1.165) is 5.56 Å². The van der Waals surface area contributed by atoms with Crippen molar-refractivity contribution in [3.63, 3.8) is 0 Å². The molecule has 11 heteroatoms. The summed E-state index contributed by atoms with van der Waals surface area (Å²) < 4.78 is 6.74. The molecule has 2 unspecified atom stereocenters. The average molecular weight is 442 g/mol. The van der Waals surface area contributed by atoms with Crippen LogP contribution in [0.3, 0.4) is 0 Å². The summed E-state index contributed by atoms with van der Waals surface area (Å²) in [5, 5.41) is 15.5. The number of amides is 3. The van der Waals surface area contributed by atoms with E-state index in [1.54, 1.807) is 24.7 Å². The van der Waals surface area contributed by atoms with Crippen molar-refractivity contribution < 1.29 is 23.9 Å². The lowest BCUT2D eigenvalue weighted by Gasteiger charge is -2.24. The highest BCUT2D eigenvalue weighted by atomic mass is 16.5. The van der Waals surface area contributed by atoms with Crippen molar-refractivity contribution in [1.82, 2.24) is 30.9 Å². The van der Waals surface area contributed by atoms with Gasteiger partial charge in [0.1, 0.15) is 18.7 Å². The molecule has 1 aromatic carbocycles. The highest BCUT2D eigenvalue weighted by Gasteiger charge is 2.32. The molecule has 2 aromatic rings. The van der Waals surface area contributed by atoms with E-state index in [9.17, 15) is 19.2 Å². The maximum Gasteiger partial charge on any atom is 0.408 e. The molecular formula is C21H26N6O5. The van der Waals surface area contributed by atoms with Gasteiger partial charge < -0.3 is 20.7 Å². The quantitative estimate of drug-likeness (QED) is 0.532. The Morgan fingerprint density at radius 3 is 2.72 bits per heavy atom. The number of ether oxygens (including phenoxy) is 1. The van der Waals surface area contributed by atoms with E-state index in [-0.39, 0.29) is 25.5 Å². The highest BCUT2D eigenvalue weighted by molar-refractivity contribution is 6.38. The predicted molar refractivity (Wildman–Crippen MR) is 112 cm³/mol. The summed E-state index contributed by atoms with van der Waals surface area (Å²) in [4.78, 5) is 49.9. The van der Waals surface area contributed by atoms with Crippen molar-refractivity contribution in [2.45, 2.75) is 45.5 Å². The molecule has 0 fully saturated rings. The molecule has 0 radical (unpaired) electrons. The molecule has 3 amide bonds. The number of nitrogens with one attached hydrogen (secondary N) is 3. The van der Waals surface area contributed by atoms with Gasteiger partial charge in [-0.25, -0.2) is 4.79 Å². The first-order valence-corrected chi connectivity index (χ1v) is 10.3. The topological polar surface area (TPSA) is 144 Å². The van der Waals surface area contributed by atoms with Gasteiger partial charge in [0.2, 0.25) is 11.7 Å². The second-order valence-corrected chi connectivity index (χ2v) is 7.79. The third-order valence-corrected chi connectivity index (χ3v) is 4.92. The molecule has 0 spiro atoms. The van der Waals surface area contributed by atoms with Gasteiger partial charge in [-0.3, -0.25) is 19.1 Å². The van der Waals surface area contributed by atoms with Gasteiger partial charge in [0.25, 0.3) is 5.91 Å². The van der Waals surface area contributed by atoms with Crippen molar-refractivity contribution in [1.29, 1.82) is 0 Å². The number of rotatable bonds is 6. The van der Waals surface area contributed by atoms with E-state index in [0.29, 0.717) is 12.2 Å². The molecular weight excluding hydrogens is 416 g/mol. The molecule has 1 aliphatic heterocycles. The molecule has 3 N–H and O–H groups in total. The predicted octanol–water partition coefficient (Wildman–Crippen LogP) is -0.0447. The minimum atomic E-state index is -1.14. The van der Waals surface area contributed by atoms with Crippen molar-refractivity contribution in [2.24, 2.45) is 5.92 Å².